The van der Waals surface area contributed by atoms with Crippen molar-refractivity contribution in [3.05, 3.63) is 63.2 Å². The Morgan fingerprint density at radius 2 is 2.05 bits per heavy atom. The molecule has 0 atom stereocenters. The maximum atomic E-state index is 10.6. The molecule has 0 heterocycles. The molecule has 0 aliphatic heterocycles. The predicted molar refractivity (Wildman–Crippen MR) is 83.3 cm³/mol. The first kappa shape index (κ1) is 15.1. The Morgan fingerprint density at radius 3 is 2.71 bits per heavy atom. The van der Waals surface area contributed by atoms with Crippen molar-refractivity contribution >= 4 is 23.0 Å². The lowest BCUT2D eigenvalue weighted by atomic mass is 10.1. The first-order valence-corrected chi connectivity index (χ1v) is 6.79. The van der Waals surface area contributed by atoms with Crippen molar-refractivity contribution in [3.63, 3.8) is 0 Å². The molecular formula is C15H15ClN2O3. The molecule has 0 aliphatic rings. The minimum Gasteiger partial charge on any atom is -0.496 e. The van der Waals surface area contributed by atoms with Gasteiger partial charge in [0.2, 0.25) is 0 Å². The van der Waals surface area contributed by atoms with E-state index in [1.807, 2.05) is 24.3 Å². The summed E-state index contributed by atoms with van der Waals surface area (Å²) in [6.45, 7) is 0.651. The summed E-state index contributed by atoms with van der Waals surface area (Å²) < 4.78 is 5.29. The lowest BCUT2D eigenvalue weighted by molar-refractivity contribution is -0.384. The number of nitrogens with zero attached hydrogens (tertiary/aromatic N) is 1. The van der Waals surface area contributed by atoms with Gasteiger partial charge in [0.25, 0.3) is 5.69 Å². The fourth-order valence-electron chi connectivity index (χ4n) is 2.00. The van der Waals surface area contributed by atoms with Crippen LogP contribution in [0.2, 0.25) is 5.02 Å². The number of para-hydroxylation sites is 1. The standard InChI is InChI=1S/C15H15ClN2O3/c1-21-15-5-3-2-4-11(15)8-9-17-14-7-6-12(18(19)20)10-13(14)16/h2-7,10,17H,8-9H2,1H3. The molecule has 6 heteroatoms. The molecule has 0 saturated carbocycles. The third-order valence-electron chi connectivity index (χ3n) is 3.07. The molecule has 0 aliphatic carbocycles. The van der Waals surface area contributed by atoms with Crippen molar-refractivity contribution in [1.82, 2.24) is 0 Å². The molecule has 2 aromatic rings. The van der Waals surface area contributed by atoms with E-state index >= 15 is 0 Å². The predicted octanol–water partition coefficient (Wildman–Crippen LogP) is 3.91. The first-order chi connectivity index (χ1) is 10.1. The minimum atomic E-state index is -0.468. The average molecular weight is 307 g/mol. The molecule has 21 heavy (non-hydrogen) atoms. The van der Waals surface area contributed by atoms with Crippen LogP contribution in [0.1, 0.15) is 5.56 Å². The van der Waals surface area contributed by atoms with Crippen LogP contribution in [-0.4, -0.2) is 18.6 Å². The number of ether oxygens (including phenoxy) is 1. The van der Waals surface area contributed by atoms with Crippen LogP contribution < -0.4 is 10.1 Å². The largest absolute Gasteiger partial charge is 0.496 e. The monoisotopic (exact) mass is 306 g/mol. The quantitative estimate of drug-likeness (QED) is 0.649. The van der Waals surface area contributed by atoms with Gasteiger partial charge in [-0.05, 0) is 24.1 Å². The topological polar surface area (TPSA) is 64.4 Å². The zero-order chi connectivity index (χ0) is 15.2. The van der Waals surface area contributed by atoms with Gasteiger partial charge in [0, 0.05) is 18.7 Å². The molecule has 2 rings (SSSR count). The first-order valence-electron chi connectivity index (χ1n) is 6.41. The van der Waals surface area contributed by atoms with Crippen molar-refractivity contribution in [3.8, 4) is 5.75 Å². The molecule has 1 N–H and O–H groups in total. The Labute approximate surface area is 127 Å². The van der Waals surface area contributed by atoms with E-state index < -0.39 is 4.92 Å². The van der Waals surface area contributed by atoms with Crippen LogP contribution in [-0.2, 0) is 6.42 Å². The molecule has 0 spiro atoms. The third-order valence-corrected chi connectivity index (χ3v) is 3.38. The van der Waals surface area contributed by atoms with Crippen molar-refractivity contribution in [1.29, 1.82) is 0 Å². The summed E-state index contributed by atoms with van der Waals surface area (Å²) in [6.07, 6.45) is 0.761. The highest BCUT2D eigenvalue weighted by Crippen LogP contribution is 2.26. The fourth-order valence-corrected chi connectivity index (χ4v) is 2.24. The van der Waals surface area contributed by atoms with Gasteiger partial charge in [0.15, 0.2) is 0 Å². The number of nitro benzene ring substituents is 1. The number of benzene rings is 2. The maximum absolute atomic E-state index is 10.6. The van der Waals surface area contributed by atoms with Crippen molar-refractivity contribution in [2.45, 2.75) is 6.42 Å². The molecule has 0 unspecified atom stereocenters. The number of nitro groups is 1. The van der Waals surface area contributed by atoms with Gasteiger partial charge in [0.05, 0.1) is 22.7 Å². The number of rotatable bonds is 6. The molecular weight excluding hydrogens is 292 g/mol. The van der Waals surface area contributed by atoms with Crippen LogP contribution in [0.15, 0.2) is 42.5 Å². The van der Waals surface area contributed by atoms with E-state index in [9.17, 15) is 10.1 Å². The van der Waals surface area contributed by atoms with Crippen molar-refractivity contribution in [2.24, 2.45) is 0 Å². The average Bonchev–Trinajstić information content (AvgIpc) is 2.49. The van der Waals surface area contributed by atoms with Crippen LogP contribution in [0.25, 0.3) is 0 Å². The van der Waals surface area contributed by atoms with Gasteiger partial charge in [0.1, 0.15) is 5.75 Å². The maximum Gasteiger partial charge on any atom is 0.271 e. The van der Waals surface area contributed by atoms with Gasteiger partial charge in [-0.2, -0.15) is 0 Å². The molecule has 0 bridgehead atoms. The molecule has 0 amide bonds. The number of hydrogen-bond acceptors (Lipinski definition) is 4. The van der Waals surface area contributed by atoms with Gasteiger partial charge in [-0.15, -0.1) is 0 Å². The van der Waals surface area contributed by atoms with E-state index in [-0.39, 0.29) is 5.69 Å². The van der Waals surface area contributed by atoms with Gasteiger partial charge in [-0.3, -0.25) is 10.1 Å². The Morgan fingerprint density at radius 1 is 1.29 bits per heavy atom. The highest BCUT2D eigenvalue weighted by atomic mass is 35.5. The van der Waals surface area contributed by atoms with E-state index in [1.54, 1.807) is 13.2 Å². The number of halogens is 1. The van der Waals surface area contributed by atoms with Crippen LogP contribution in [0.3, 0.4) is 0 Å². The molecule has 2 aromatic carbocycles. The van der Waals surface area contributed by atoms with Crippen LogP contribution >= 0.6 is 11.6 Å². The molecule has 0 saturated heterocycles. The SMILES string of the molecule is COc1ccccc1CCNc1ccc([N+](=O)[O-])cc1Cl. The molecule has 0 aromatic heterocycles. The van der Waals surface area contributed by atoms with Crippen molar-refractivity contribution < 1.29 is 9.66 Å². The Balaban J connectivity index is 1.99. The van der Waals surface area contributed by atoms with E-state index in [0.29, 0.717) is 17.3 Å². The van der Waals surface area contributed by atoms with E-state index in [0.717, 1.165) is 17.7 Å². The third kappa shape index (κ3) is 3.86. The Bertz CT molecular complexity index is 647. The molecule has 5 nitrogen and oxygen atoms in total. The second-order valence-corrected chi connectivity index (χ2v) is 4.82. The van der Waals surface area contributed by atoms with Gasteiger partial charge < -0.3 is 10.1 Å². The summed E-state index contributed by atoms with van der Waals surface area (Å²) in [5.41, 5.74) is 1.75. The number of methoxy groups -OCH3 is 1. The van der Waals surface area contributed by atoms with Gasteiger partial charge in [-0.1, -0.05) is 29.8 Å². The van der Waals surface area contributed by atoms with Crippen LogP contribution in [0, 0.1) is 10.1 Å². The number of nitrogens with one attached hydrogen (secondary N) is 1. The summed E-state index contributed by atoms with van der Waals surface area (Å²) in [6, 6.07) is 12.2. The van der Waals surface area contributed by atoms with Crippen molar-refractivity contribution in [2.75, 3.05) is 19.0 Å². The number of anilines is 1. The number of non-ortho nitro benzene ring substituents is 1. The second-order valence-electron chi connectivity index (χ2n) is 4.41. The van der Waals surface area contributed by atoms with Gasteiger partial charge in [-0.25, -0.2) is 0 Å². The zero-order valence-electron chi connectivity index (χ0n) is 11.5. The van der Waals surface area contributed by atoms with Crippen LogP contribution in [0.4, 0.5) is 11.4 Å². The normalized spacial score (nSPS) is 10.2. The summed E-state index contributed by atoms with van der Waals surface area (Å²) in [7, 11) is 1.64. The molecule has 0 radical (unpaired) electrons. The lowest BCUT2D eigenvalue weighted by Crippen LogP contribution is -2.06. The highest BCUT2D eigenvalue weighted by Gasteiger charge is 2.09. The Kier molecular flexibility index (Phi) is 5.00. The Hall–Kier alpha value is -2.27. The minimum absolute atomic E-state index is 0.0183. The van der Waals surface area contributed by atoms with E-state index in [1.165, 1.54) is 12.1 Å². The van der Waals surface area contributed by atoms with Crippen LogP contribution in [0.5, 0.6) is 5.75 Å². The summed E-state index contributed by atoms with van der Waals surface area (Å²) in [4.78, 5) is 10.2. The van der Waals surface area contributed by atoms with Gasteiger partial charge >= 0.3 is 0 Å². The van der Waals surface area contributed by atoms with E-state index in [4.69, 9.17) is 16.3 Å². The summed E-state index contributed by atoms with van der Waals surface area (Å²) in [5, 5.41) is 14.2. The molecule has 0 fully saturated rings. The highest BCUT2D eigenvalue weighted by molar-refractivity contribution is 6.33. The fraction of sp³-hybridized carbons (Fsp3) is 0.200. The zero-order valence-corrected chi connectivity index (χ0v) is 12.3. The smallest absolute Gasteiger partial charge is 0.271 e. The number of hydrogen-bond donors (Lipinski definition) is 1. The summed E-state index contributed by atoms with van der Waals surface area (Å²) in [5.74, 6) is 0.842. The lowest BCUT2D eigenvalue weighted by Gasteiger charge is -2.10. The summed E-state index contributed by atoms with van der Waals surface area (Å²) >= 11 is 6.02. The van der Waals surface area contributed by atoms with E-state index in [2.05, 4.69) is 5.32 Å². The second kappa shape index (κ2) is 6.95. The molecule has 110 valence electrons.